The van der Waals surface area contributed by atoms with E-state index in [0.717, 1.165) is 17.7 Å². The highest BCUT2D eigenvalue weighted by Gasteiger charge is 2.36. The third kappa shape index (κ3) is 4.45. The first-order valence-corrected chi connectivity index (χ1v) is 8.73. The maximum Gasteiger partial charge on any atom is 0.237 e. The number of carbonyl (C=O) groups excluding carboxylic acids is 1. The maximum atomic E-state index is 13.8. The zero-order valence-electron chi connectivity index (χ0n) is 14.7. The van der Waals surface area contributed by atoms with E-state index in [0.29, 0.717) is 25.1 Å². The molecule has 2 N–H and O–H groups in total. The van der Waals surface area contributed by atoms with Gasteiger partial charge in [0.15, 0.2) is 0 Å². The van der Waals surface area contributed by atoms with Crippen molar-refractivity contribution in [3.05, 3.63) is 71.3 Å². The Morgan fingerprint density at radius 3 is 2.69 bits per heavy atom. The van der Waals surface area contributed by atoms with Crippen LogP contribution in [0.2, 0.25) is 0 Å². The van der Waals surface area contributed by atoms with E-state index in [1.165, 1.54) is 6.07 Å². The van der Waals surface area contributed by atoms with Crippen LogP contribution >= 0.6 is 0 Å². The van der Waals surface area contributed by atoms with E-state index in [-0.39, 0.29) is 24.5 Å². The molecule has 0 bridgehead atoms. The predicted octanol–water partition coefficient (Wildman–Crippen LogP) is 2.44. The number of halogens is 2. The minimum absolute atomic E-state index is 0.0258. The monoisotopic (exact) mass is 359 g/mol. The molecule has 0 radical (unpaired) electrons. The molecule has 2 aromatic carbocycles. The van der Waals surface area contributed by atoms with Crippen LogP contribution in [0, 0.1) is 11.6 Å². The van der Waals surface area contributed by atoms with E-state index < -0.39 is 11.6 Å². The van der Waals surface area contributed by atoms with Crippen molar-refractivity contribution in [1.29, 1.82) is 0 Å². The number of amides is 1. The summed E-state index contributed by atoms with van der Waals surface area (Å²) in [5, 5.41) is 5.98. The molecule has 138 valence electrons. The van der Waals surface area contributed by atoms with Crippen molar-refractivity contribution in [3.63, 3.8) is 0 Å². The van der Waals surface area contributed by atoms with E-state index in [9.17, 15) is 13.6 Å². The third-order valence-corrected chi connectivity index (χ3v) is 4.77. The Morgan fingerprint density at radius 2 is 1.96 bits per heavy atom. The van der Waals surface area contributed by atoms with E-state index in [4.69, 9.17) is 0 Å². The van der Waals surface area contributed by atoms with Gasteiger partial charge in [0, 0.05) is 38.3 Å². The average Bonchev–Trinajstić information content (AvgIpc) is 3.05. The number of hydrogen-bond acceptors (Lipinski definition) is 3. The standard InChI is InChI=1S/C20H23F2N3O/c1-23-20(26)19-10-17(13-25(19)12-14-5-3-2-4-6-14)24-11-15-9-16(21)7-8-18(15)22/h2-9,17,19,24H,10-13H2,1H3,(H,23,26)/t17-,19+/m1/s1. The molecule has 0 aliphatic carbocycles. The van der Waals surface area contributed by atoms with Crippen LogP contribution in [0.4, 0.5) is 8.78 Å². The summed E-state index contributed by atoms with van der Waals surface area (Å²) in [5.74, 6) is -0.911. The predicted molar refractivity (Wildman–Crippen MR) is 96.3 cm³/mol. The van der Waals surface area contributed by atoms with E-state index in [1.54, 1.807) is 7.05 Å². The maximum absolute atomic E-state index is 13.8. The summed E-state index contributed by atoms with van der Waals surface area (Å²) in [6.45, 7) is 1.57. The van der Waals surface area contributed by atoms with Crippen LogP contribution in [0.15, 0.2) is 48.5 Å². The Kier molecular flexibility index (Phi) is 5.96. The van der Waals surface area contributed by atoms with Gasteiger partial charge in [-0.3, -0.25) is 9.69 Å². The van der Waals surface area contributed by atoms with Gasteiger partial charge in [-0.25, -0.2) is 8.78 Å². The van der Waals surface area contributed by atoms with E-state index in [2.05, 4.69) is 15.5 Å². The number of carbonyl (C=O) groups is 1. The topological polar surface area (TPSA) is 44.4 Å². The fourth-order valence-corrected chi connectivity index (χ4v) is 3.42. The van der Waals surface area contributed by atoms with Gasteiger partial charge >= 0.3 is 0 Å². The molecule has 0 aromatic heterocycles. The van der Waals surface area contributed by atoms with Crippen LogP contribution in [0.25, 0.3) is 0 Å². The third-order valence-electron chi connectivity index (χ3n) is 4.77. The highest BCUT2D eigenvalue weighted by atomic mass is 19.1. The number of nitrogens with one attached hydrogen (secondary N) is 2. The molecule has 0 unspecified atom stereocenters. The Balaban J connectivity index is 1.65. The molecule has 6 heteroatoms. The number of hydrogen-bond donors (Lipinski definition) is 2. The molecular formula is C20H23F2N3O. The van der Waals surface area contributed by atoms with Gasteiger partial charge in [-0.1, -0.05) is 30.3 Å². The van der Waals surface area contributed by atoms with E-state index in [1.807, 2.05) is 30.3 Å². The lowest BCUT2D eigenvalue weighted by Gasteiger charge is -2.22. The second-order valence-electron chi connectivity index (χ2n) is 6.59. The molecule has 1 saturated heterocycles. The average molecular weight is 359 g/mol. The first-order valence-electron chi connectivity index (χ1n) is 8.73. The summed E-state index contributed by atoms with van der Waals surface area (Å²) < 4.78 is 27.1. The van der Waals surface area contributed by atoms with Crippen molar-refractivity contribution < 1.29 is 13.6 Å². The molecule has 1 fully saturated rings. The largest absolute Gasteiger partial charge is 0.358 e. The molecule has 0 spiro atoms. The van der Waals surface area contributed by atoms with Crippen molar-refractivity contribution in [2.75, 3.05) is 13.6 Å². The zero-order chi connectivity index (χ0) is 18.5. The van der Waals surface area contributed by atoms with Crippen molar-refractivity contribution in [1.82, 2.24) is 15.5 Å². The molecule has 4 nitrogen and oxygen atoms in total. The second-order valence-corrected chi connectivity index (χ2v) is 6.59. The molecule has 2 aromatic rings. The fraction of sp³-hybridized carbons (Fsp3) is 0.350. The second kappa shape index (κ2) is 8.38. The van der Waals surface area contributed by atoms with Gasteiger partial charge in [0.2, 0.25) is 5.91 Å². The molecule has 0 saturated carbocycles. The SMILES string of the molecule is CNC(=O)[C@@H]1C[C@@H](NCc2cc(F)ccc2F)CN1Cc1ccccc1. The molecule has 1 aliphatic rings. The molecule has 2 atom stereocenters. The lowest BCUT2D eigenvalue weighted by molar-refractivity contribution is -0.125. The van der Waals surface area contributed by atoms with Crippen molar-refractivity contribution in [2.45, 2.75) is 31.6 Å². The van der Waals surface area contributed by atoms with Gasteiger partial charge in [-0.15, -0.1) is 0 Å². The van der Waals surface area contributed by atoms with Crippen LogP contribution in [0.1, 0.15) is 17.5 Å². The molecule has 1 amide bonds. The first-order chi connectivity index (χ1) is 12.6. The summed E-state index contributed by atoms with van der Waals surface area (Å²) in [6, 6.07) is 13.2. The zero-order valence-corrected chi connectivity index (χ0v) is 14.7. The van der Waals surface area contributed by atoms with Crippen LogP contribution in [-0.2, 0) is 17.9 Å². The summed E-state index contributed by atoms with van der Waals surface area (Å²) in [6.07, 6.45) is 0.628. The minimum Gasteiger partial charge on any atom is -0.358 e. The lowest BCUT2D eigenvalue weighted by atomic mass is 10.1. The number of nitrogens with zero attached hydrogens (tertiary/aromatic N) is 1. The number of benzene rings is 2. The highest BCUT2D eigenvalue weighted by molar-refractivity contribution is 5.81. The number of likely N-dealkylation sites (N-methyl/N-ethyl adjacent to an activating group) is 1. The Labute approximate surface area is 152 Å². The number of likely N-dealkylation sites (tertiary alicyclic amines) is 1. The quantitative estimate of drug-likeness (QED) is 0.833. The molecular weight excluding hydrogens is 336 g/mol. The summed E-state index contributed by atoms with van der Waals surface area (Å²) in [4.78, 5) is 14.4. The fourth-order valence-electron chi connectivity index (χ4n) is 3.42. The van der Waals surface area contributed by atoms with Gasteiger partial charge < -0.3 is 10.6 Å². The summed E-state index contributed by atoms with van der Waals surface area (Å²) in [7, 11) is 1.63. The Morgan fingerprint density at radius 1 is 1.19 bits per heavy atom. The lowest BCUT2D eigenvalue weighted by Crippen LogP contribution is -2.41. The van der Waals surface area contributed by atoms with Crippen molar-refractivity contribution >= 4 is 5.91 Å². The van der Waals surface area contributed by atoms with Crippen LogP contribution in [-0.4, -0.2) is 36.5 Å². The summed E-state index contributed by atoms with van der Waals surface area (Å²) in [5.41, 5.74) is 1.43. The van der Waals surface area contributed by atoms with Gasteiger partial charge in [0.25, 0.3) is 0 Å². The normalized spacial score (nSPS) is 20.3. The smallest absolute Gasteiger partial charge is 0.237 e. The van der Waals surface area contributed by atoms with E-state index >= 15 is 0 Å². The Hall–Kier alpha value is -2.31. The molecule has 3 rings (SSSR count). The highest BCUT2D eigenvalue weighted by Crippen LogP contribution is 2.21. The van der Waals surface area contributed by atoms with Gasteiger partial charge in [0.1, 0.15) is 11.6 Å². The van der Waals surface area contributed by atoms with Gasteiger partial charge in [0.05, 0.1) is 6.04 Å². The molecule has 26 heavy (non-hydrogen) atoms. The molecule has 1 aliphatic heterocycles. The van der Waals surface area contributed by atoms with Crippen LogP contribution in [0.5, 0.6) is 0 Å². The van der Waals surface area contributed by atoms with Crippen LogP contribution in [0.3, 0.4) is 0 Å². The van der Waals surface area contributed by atoms with Crippen LogP contribution < -0.4 is 10.6 Å². The van der Waals surface area contributed by atoms with Gasteiger partial charge in [-0.2, -0.15) is 0 Å². The van der Waals surface area contributed by atoms with Gasteiger partial charge in [-0.05, 0) is 30.2 Å². The summed E-state index contributed by atoms with van der Waals surface area (Å²) >= 11 is 0. The number of rotatable bonds is 6. The minimum atomic E-state index is -0.455. The molecule has 1 heterocycles. The first kappa shape index (κ1) is 18.5. The van der Waals surface area contributed by atoms with Crippen molar-refractivity contribution in [2.24, 2.45) is 0 Å². The van der Waals surface area contributed by atoms with Crippen molar-refractivity contribution in [3.8, 4) is 0 Å². The Bertz CT molecular complexity index is 754.